The first-order chi connectivity index (χ1) is 12.9. The van der Waals surface area contributed by atoms with Gasteiger partial charge >= 0.3 is 0 Å². The molecule has 1 saturated heterocycles. The van der Waals surface area contributed by atoms with Crippen molar-refractivity contribution in [2.45, 2.75) is 32.7 Å². The molecule has 2 aromatic rings. The Hall–Kier alpha value is -2.34. The highest BCUT2D eigenvalue weighted by atomic mass is 32.2. The predicted molar refractivity (Wildman–Crippen MR) is 110 cm³/mol. The molecule has 0 aliphatic carbocycles. The largest absolute Gasteiger partial charge is 0.368 e. The van der Waals surface area contributed by atoms with Gasteiger partial charge in [0.2, 0.25) is 5.91 Å². The minimum Gasteiger partial charge on any atom is -0.368 e. The molecule has 1 aliphatic heterocycles. The van der Waals surface area contributed by atoms with Crippen molar-refractivity contribution in [2.75, 3.05) is 28.3 Å². The zero-order valence-electron chi connectivity index (χ0n) is 15.8. The molecule has 1 N–H and O–H groups in total. The van der Waals surface area contributed by atoms with Crippen molar-refractivity contribution in [2.24, 2.45) is 0 Å². The number of nitrogens with zero attached hydrogens (tertiary/aromatic N) is 1. The number of benzene rings is 2. The third-order valence-corrected chi connectivity index (χ3v) is 6.67. The monoisotopic (exact) mass is 386 g/mol. The third kappa shape index (κ3) is 5.10. The summed E-state index contributed by atoms with van der Waals surface area (Å²) in [6, 6.07) is 15.6. The Labute approximate surface area is 161 Å². The van der Waals surface area contributed by atoms with E-state index >= 15 is 0 Å². The Morgan fingerprint density at radius 1 is 1.19 bits per heavy atom. The number of hydrogen-bond donors (Lipinski definition) is 1. The molecule has 144 valence electrons. The molecule has 6 heteroatoms. The standard InChI is InChI=1S/C21H26N2O3S/c1-3-23(20-11-12-27(25,26)15-20)19-9-7-18(8-10-19)22-21(24)14-17-6-4-5-16(2)13-17/h4-10,13,20H,3,11-12,14-15H2,1-2H3,(H,22,24). The van der Waals surface area contributed by atoms with Crippen LogP contribution in [0, 0.1) is 6.92 Å². The summed E-state index contributed by atoms with van der Waals surface area (Å²) in [6.07, 6.45) is 1.01. The van der Waals surface area contributed by atoms with Gasteiger partial charge in [-0.25, -0.2) is 8.42 Å². The smallest absolute Gasteiger partial charge is 0.228 e. The van der Waals surface area contributed by atoms with Crippen LogP contribution in [0.5, 0.6) is 0 Å². The summed E-state index contributed by atoms with van der Waals surface area (Å²) in [4.78, 5) is 14.4. The second-order valence-electron chi connectivity index (χ2n) is 7.10. The number of anilines is 2. The number of amides is 1. The second kappa shape index (κ2) is 8.13. The second-order valence-corrected chi connectivity index (χ2v) is 9.33. The van der Waals surface area contributed by atoms with Gasteiger partial charge in [-0.15, -0.1) is 0 Å². The number of carbonyl (C=O) groups excluding carboxylic acids is 1. The molecule has 1 unspecified atom stereocenters. The summed E-state index contributed by atoms with van der Waals surface area (Å²) in [5.74, 6) is 0.430. The maximum atomic E-state index is 12.3. The molecular formula is C21H26N2O3S. The number of aryl methyl sites for hydroxylation is 1. The molecular weight excluding hydrogens is 360 g/mol. The van der Waals surface area contributed by atoms with Crippen molar-refractivity contribution in [3.63, 3.8) is 0 Å². The van der Waals surface area contributed by atoms with Gasteiger partial charge in [-0.1, -0.05) is 29.8 Å². The molecule has 1 atom stereocenters. The van der Waals surface area contributed by atoms with E-state index in [1.165, 1.54) is 0 Å². The van der Waals surface area contributed by atoms with Crippen LogP contribution in [0.3, 0.4) is 0 Å². The molecule has 3 rings (SSSR count). The summed E-state index contributed by atoms with van der Waals surface area (Å²) in [6.45, 7) is 4.79. The lowest BCUT2D eigenvalue weighted by atomic mass is 10.1. The van der Waals surface area contributed by atoms with E-state index in [-0.39, 0.29) is 23.5 Å². The number of hydrogen-bond acceptors (Lipinski definition) is 4. The molecule has 1 fully saturated rings. The maximum Gasteiger partial charge on any atom is 0.228 e. The minimum absolute atomic E-state index is 0.0294. The summed E-state index contributed by atoms with van der Waals surface area (Å²) >= 11 is 0. The number of rotatable bonds is 6. The van der Waals surface area contributed by atoms with Gasteiger partial charge in [0.25, 0.3) is 0 Å². The molecule has 0 aromatic heterocycles. The van der Waals surface area contributed by atoms with E-state index in [9.17, 15) is 13.2 Å². The lowest BCUT2D eigenvalue weighted by Gasteiger charge is -2.29. The van der Waals surface area contributed by atoms with Gasteiger partial charge in [-0.05, 0) is 50.1 Å². The highest BCUT2D eigenvalue weighted by molar-refractivity contribution is 7.91. The average Bonchev–Trinajstić information content (AvgIpc) is 2.96. The highest BCUT2D eigenvalue weighted by Crippen LogP contribution is 2.25. The van der Waals surface area contributed by atoms with Crippen molar-refractivity contribution in [3.8, 4) is 0 Å². The Morgan fingerprint density at radius 3 is 2.52 bits per heavy atom. The normalized spacial score (nSPS) is 18.2. The van der Waals surface area contributed by atoms with Crippen molar-refractivity contribution < 1.29 is 13.2 Å². The van der Waals surface area contributed by atoms with Gasteiger partial charge in [0.1, 0.15) is 0 Å². The van der Waals surface area contributed by atoms with Crippen LogP contribution in [0.2, 0.25) is 0 Å². The molecule has 2 aromatic carbocycles. The fourth-order valence-electron chi connectivity index (χ4n) is 3.62. The van der Waals surface area contributed by atoms with Crippen LogP contribution in [0.15, 0.2) is 48.5 Å². The van der Waals surface area contributed by atoms with Gasteiger partial charge in [-0.3, -0.25) is 4.79 Å². The van der Waals surface area contributed by atoms with E-state index in [0.29, 0.717) is 12.8 Å². The fraction of sp³-hybridized carbons (Fsp3) is 0.381. The lowest BCUT2D eigenvalue weighted by molar-refractivity contribution is -0.115. The van der Waals surface area contributed by atoms with E-state index < -0.39 is 9.84 Å². The van der Waals surface area contributed by atoms with E-state index in [1.54, 1.807) is 0 Å². The van der Waals surface area contributed by atoms with Crippen LogP contribution < -0.4 is 10.2 Å². The van der Waals surface area contributed by atoms with E-state index in [0.717, 1.165) is 29.0 Å². The zero-order valence-corrected chi connectivity index (χ0v) is 16.6. The van der Waals surface area contributed by atoms with Crippen molar-refractivity contribution >= 4 is 27.1 Å². The summed E-state index contributed by atoms with van der Waals surface area (Å²) in [5, 5.41) is 2.92. The molecule has 1 aliphatic rings. The van der Waals surface area contributed by atoms with Crippen LogP contribution in [-0.4, -0.2) is 38.4 Å². The number of carbonyl (C=O) groups is 1. The fourth-order valence-corrected chi connectivity index (χ4v) is 5.35. The SMILES string of the molecule is CCN(c1ccc(NC(=O)Cc2cccc(C)c2)cc1)C1CCS(=O)(=O)C1. The maximum absolute atomic E-state index is 12.3. The Kier molecular flexibility index (Phi) is 5.85. The van der Waals surface area contributed by atoms with Crippen LogP contribution in [0.25, 0.3) is 0 Å². The quantitative estimate of drug-likeness (QED) is 0.828. The average molecular weight is 387 g/mol. The third-order valence-electron chi connectivity index (χ3n) is 4.92. The Bertz CT molecular complexity index is 907. The van der Waals surface area contributed by atoms with Crippen LogP contribution in [-0.2, 0) is 21.1 Å². The molecule has 0 spiro atoms. The molecule has 0 radical (unpaired) electrons. The van der Waals surface area contributed by atoms with Crippen LogP contribution >= 0.6 is 0 Å². The van der Waals surface area contributed by atoms with Crippen molar-refractivity contribution in [1.29, 1.82) is 0 Å². The van der Waals surface area contributed by atoms with Crippen LogP contribution in [0.4, 0.5) is 11.4 Å². The zero-order chi connectivity index (χ0) is 19.4. The minimum atomic E-state index is -2.91. The summed E-state index contributed by atoms with van der Waals surface area (Å²) in [7, 11) is -2.91. The molecule has 1 amide bonds. The molecule has 5 nitrogen and oxygen atoms in total. The number of nitrogens with one attached hydrogen (secondary N) is 1. The summed E-state index contributed by atoms with van der Waals surface area (Å²) < 4.78 is 23.5. The van der Waals surface area contributed by atoms with Gasteiger partial charge in [0.05, 0.1) is 17.9 Å². The number of sulfone groups is 1. The summed E-state index contributed by atoms with van der Waals surface area (Å²) in [5.41, 5.74) is 3.85. The van der Waals surface area contributed by atoms with Gasteiger partial charge in [0, 0.05) is 24.0 Å². The topological polar surface area (TPSA) is 66.5 Å². The van der Waals surface area contributed by atoms with Gasteiger partial charge in [-0.2, -0.15) is 0 Å². The van der Waals surface area contributed by atoms with Gasteiger partial charge in [0.15, 0.2) is 9.84 Å². The molecule has 1 heterocycles. The lowest BCUT2D eigenvalue weighted by Crippen LogP contribution is -2.36. The van der Waals surface area contributed by atoms with Gasteiger partial charge < -0.3 is 10.2 Å². The van der Waals surface area contributed by atoms with Crippen molar-refractivity contribution in [3.05, 3.63) is 59.7 Å². The van der Waals surface area contributed by atoms with E-state index in [2.05, 4.69) is 10.2 Å². The predicted octanol–water partition coefficient (Wildman–Crippen LogP) is 3.19. The molecule has 27 heavy (non-hydrogen) atoms. The molecule has 0 bridgehead atoms. The highest BCUT2D eigenvalue weighted by Gasteiger charge is 2.31. The Morgan fingerprint density at radius 2 is 1.93 bits per heavy atom. The first-order valence-electron chi connectivity index (χ1n) is 9.29. The van der Waals surface area contributed by atoms with Crippen molar-refractivity contribution in [1.82, 2.24) is 0 Å². The van der Waals surface area contributed by atoms with E-state index in [1.807, 2.05) is 62.4 Å². The van der Waals surface area contributed by atoms with E-state index in [4.69, 9.17) is 0 Å². The first kappa shape index (κ1) is 19.4. The first-order valence-corrected chi connectivity index (χ1v) is 11.1. The molecule has 0 saturated carbocycles. The Balaban J connectivity index is 1.63. The van der Waals surface area contributed by atoms with Crippen LogP contribution in [0.1, 0.15) is 24.5 Å².